The van der Waals surface area contributed by atoms with Gasteiger partial charge in [-0.3, -0.25) is 5.32 Å². The zero-order valence-corrected chi connectivity index (χ0v) is 15.9. The number of amides is 2. The summed E-state index contributed by atoms with van der Waals surface area (Å²) < 4.78 is 1.07. The molecule has 7 heteroatoms. The highest BCUT2D eigenvalue weighted by atomic mass is 79.9. The largest absolute Gasteiger partial charge is 0.335 e. The number of nitrogens with one attached hydrogen (secondary N) is 3. The van der Waals surface area contributed by atoms with E-state index >= 15 is 0 Å². The van der Waals surface area contributed by atoms with Gasteiger partial charge in [0.05, 0.1) is 0 Å². The second-order valence-corrected chi connectivity index (χ2v) is 8.14. The molecule has 0 aliphatic carbocycles. The number of hydrogen-bond acceptors (Lipinski definition) is 4. The van der Waals surface area contributed by atoms with Gasteiger partial charge < -0.3 is 5.32 Å². The van der Waals surface area contributed by atoms with Gasteiger partial charge in [0.2, 0.25) is 0 Å². The number of hydrazine groups is 1. The first-order chi connectivity index (χ1) is 12.2. The van der Waals surface area contributed by atoms with Crippen LogP contribution in [0.5, 0.6) is 0 Å². The molecule has 3 unspecified atom stereocenters. The van der Waals surface area contributed by atoms with Crippen LogP contribution in [0.1, 0.15) is 17.0 Å². The van der Waals surface area contributed by atoms with Crippen molar-refractivity contribution >= 4 is 33.7 Å². The van der Waals surface area contributed by atoms with Crippen molar-refractivity contribution in [3.8, 4) is 0 Å². The molecule has 5 nitrogen and oxygen atoms in total. The van der Waals surface area contributed by atoms with Crippen molar-refractivity contribution < 1.29 is 4.79 Å². The first-order valence-corrected chi connectivity index (χ1v) is 10.1. The van der Waals surface area contributed by atoms with Crippen molar-refractivity contribution in [3.63, 3.8) is 0 Å². The summed E-state index contributed by atoms with van der Waals surface area (Å²) in [5, 5.41) is 8.24. The smallest absolute Gasteiger partial charge is 0.312 e. The highest BCUT2D eigenvalue weighted by Gasteiger charge is 2.43. The number of carbonyl (C=O) groups excluding carboxylic acids is 1. The van der Waals surface area contributed by atoms with Crippen LogP contribution in [-0.4, -0.2) is 29.2 Å². The standard InChI is InChI=1S/C18H19BrN4OS/c19-14-8-6-12(7-9-14)11-25-17-21-16-15(13-4-2-1-3-5-13)10-20-23(16)18(24)22-17/h1-9,15-17,20-21H,10-11H2,(H,22,24). The van der Waals surface area contributed by atoms with Crippen molar-refractivity contribution in [3.05, 3.63) is 70.2 Å². The average molecular weight is 419 g/mol. The van der Waals surface area contributed by atoms with Gasteiger partial charge in [-0.25, -0.2) is 15.2 Å². The minimum absolute atomic E-state index is 0.0430. The van der Waals surface area contributed by atoms with Crippen molar-refractivity contribution in [2.75, 3.05) is 6.54 Å². The Morgan fingerprint density at radius 2 is 1.88 bits per heavy atom. The molecule has 2 aromatic rings. The number of fused-ring (bicyclic) bond motifs is 1. The summed E-state index contributed by atoms with van der Waals surface area (Å²) in [7, 11) is 0. The van der Waals surface area contributed by atoms with E-state index in [1.165, 1.54) is 11.1 Å². The summed E-state index contributed by atoms with van der Waals surface area (Å²) in [6, 6.07) is 18.5. The van der Waals surface area contributed by atoms with E-state index in [0.29, 0.717) is 0 Å². The van der Waals surface area contributed by atoms with Gasteiger partial charge in [-0.05, 0) is 23.3 Å². The minimum Gasteiger partial charge on any atom is -0.312 e. The Balaban J connectivity index is 1.43. The lowest BCUT2D eigenvalue weighted by molar-refractivity contribution is 0.128. The third-order valence-corrected chi connectivity index (χ3v) is 6.11. The molecule has 0 aromatic heterocycles. The monoisotopic (exact) mass is 418 g/mol. The topological polar surface area (TPSA) is 56.4 Å². The lowest BCUT2D eigenvalue weighted by atomic mass is 9.97. The molecule has 0 bridgehead atoms. The number of hydrogen-bond donors (Lipinski definition) is 3. The normalized spacial score (nSPS) is 25.6. The van der Waals surface area contributed by atoms with Crippen LogP contribution in [-0.2, 0) is 5.75 Å². The van der Waals surface area contributed by atoms with E-state index in [0.717, 1.165) is 16.8 Å². The zero-order chi connectivity index (χ0) is 17.2. The van der Waals surface area contributed by atoms with E-state index in [1.807, 2.05) is 30.3 Å². The van der Waals surface area contributed by atoms with Gasteiger partial charge in [-0.1, -0.05) is 58.4 Å². The molecule has 3 atom stereocenters. The fraction of sp³-hybridized carbons (Fsp3) is 0.278. The summed E-state index contributed by atoms with van der Waals surface area (Å²) >= 11 is 5.15. The van der Waals surface area contributed by atoms with E-state index in [4.69, 9.17) is 0 Å². The van der Waals surface area contributed by atoms with Crippen LogP contribution in [0, 0.1) is 0 Å². The molecule has 2 aliphatic rings. The maximum Gasteiger partial charge on any atom is 0.335 e. The molecule has 2 amide bonds. The minimum atomic E-state index is -0.108. The van der Waals surface area contributed by atoms with Gasteiger partial charge in [-0.15, -0.1) is 11.8 Å². The van der Waals surface area contributed by atoms with Gasteiger partial charge in [0.1, 0.15) is 11.7 Å². The maximum absolute atomic E-state index is 12.4. The first-order valence-electron chi connectivity index (χ1n) is 8.21. The molecule has 2 fully saturated rings. The third-order valence-electron chi connectivity index (χ3n) is 4.49. The second kappa shape index (κ2) is 7.37. The molecule has 2 heterocycles. The van der Waals surface area contributed by atoms with Crippen LogP contribution in [0.2, 0.25) is 0 Å². The van der Waals surface area contributed by atoms with Crippen LogP contribution < -0.4 is 16.1 Å². The average Bonchev–Trinajstić information content (AvgIpc) is 3.06. The van der Waals surface area contributed by atoms with Crippen LogP contribution in [0.15, 0.2) is 59.1 Å². The summed E-state index contributed by atoms with van der Waals surface area (Å²) in [5.41, 5.74) is 5.56. The Labute approximate surface area is 159 Å². The number of urea groups is 1. The molecule has 0 radical (unpaired) electrons. The van der Waals surface area contributed by atoms with Gasteiger partial charge >= 0.3 is 6.03 Å². The van der Waals surface area contributed by atoms with E-state index < -0.39 is 0 Å². The lowest BCUT2D eigenvalue weighted by Crippen LogP contribution is -2.65. The maximum atomic E-state index is 12.4. The molecule has 25 heavy (non-hydrogen) atoms. The zero-order valence-electron chi connectivity index (χ0n) is 13.5. The highest BCUT2D eigenvalue weighted by Crippen LogP contribution is 2.29. The van der Waals surface area contributed by atoms with Gasteiger partial charge in [0.15, 0.2) is 0 Å². The summed E-state index contributed by atoms with van der Waals surface area (Å²) in [4.78, 5) is 12.4. The summed E-state index contributed by atoms with van der Waals surface area (Å²) in [6.45, 7) is 0.749. The fourth-order valence-electron chi connectivity index (χ4n) is 3.20. The van der Waals surface area contributed by atoms with Gasteiger partial charge in [0.25, 0.3) is 0 Å². The summed E-state index contributed by atoms with van der Waals surface area (Å²) in [6.07, 6.45) is -0.0430. The predicted molar refractivity (Wildman–Crippen MR) is 104 cm³/mol. The quantitative estimate of drug-likeness (QED) is 0.713. The van der Waals surface area contributed by atoms with E-state index in [1.54, 1.807) is 16.8 Å². The van der Waals surface area contributed by atoms with Crippen molar-refractivity contribution in [2.24, 2.45) is 0 Å². The molecule has 2 saturated heterocycles. The van der Waals surface area contributed by atoms with Crippen LogP contribution >= 0.6 is 27.7 Å². The molecule has 2 aromatic carbocycles. The van der Waals surface area contributed by atoms with Crippen molar-refractivity contribution in [1.29, 1.82) is 0 Å². The molecule has 0 spiro atoms. The van der Waals surface area contributed by atoms with Crippen LogP contribution in [0.4, 0.5) is 4.79 Å². The fourth-order valence-corrected chi connectivity index (χ4v) is 4.44. The Hall–Kier alpha value is -1.54. The highest BCUT2D eigenvalue weighted by molar-refractivity contribution is 9.10. The molecule has 2 aliphatic heterocycles. The number of halogens is 1. The lowest BCUT2D eigenvalue weighted by Gasteiger charge is -2.37. The van der Waals surface area contributed by atoms with Crippen molar-refractivity contribution in [2.45, 2.75) is 23.3 Å². The molecule has 3 N–H and O–H groups in total. The SMILES string of the molecule is O=C1NC(SCc2ccc(Br)cc2)NC2C(c3ccccc3)CNN12. The van der Waals surface area contributed by atoms with Crippen molar-refractivity contribution in [1.82, 2.24) is 21.1 Å². The number of rotatable bonds is 4. The molecule has 0 saturated carbocycles. The van der Waals surface area contributed by atoms with E-state index in [2.05, 4.69) is 56.3 Å². The Kier molecular flexibility index (Phi) is 4.98. The first kappa shape index (κ1) is 16.9. The van der Waals surface area contributed by atoms with Gasteiger partial charge in [-0.2, -0.15) is 0 Å². The Morgan fingerprint density at radius 3 is 2.64 bits per heavy atom. The third kappa shape index (κ3) is 3.69. The number of thioether (sulfide) groups is 1. The number of benzene rings is 2. The van der Waals surface area contributed by atoms with Gasteiger partial charge in [0, 0.05) is 22.7 Å². The van der Waals surface area contributed by atoms with E-state index in [-0.39, 0.29) is 23.6 Å². The number of carbonyl (C=O) groups is 1. The molecular formula is C18H19BrN4OS. The van der Waals surface area contributed by atoms with Crippen LogP contribution in [0.3, 0.4) is 0 Å². The molecule has 4 rings (SSSR count). The Bertz CT molecular complexity index is 743. The predicted octanol–water partition coefficient (Wildman–Crippen LogP) is 3.21. The molecule has 130 valence electrons. The van der Waals surface area contributed by atoms with E-state index in [9.17, 15) is 4.79 Å². The molecular weight excluding hydrogens is 400 g/mol. The van der Waals surface area contributed by atoms with Crippen LogP contribution in [0.25, 0.3) is 0 Å². The number of nitrogens with zero attached hydrogens (tertiary/aromatic N) is 1. The Morgan fingerprint density at radius 1 is 1.12 bits per heavy atom. The summed E-state index contributed by atoms with van der Waals surface area (Å²) in [5.74, 6) is 1.07. The second-order valence-electron chi connectivity index (χ2n) is 6.13.